The van der Waals surface area contributed by atoms with E-state index in [1.807, 2.05) is 19.2 Å². The SMILES string of the molecule is CCCN1CCC(NC(=NC)NCC(C)(C)c2ccc(Cl)cc2)CC1.I. The highest BCUT2D eigenvalue weighted by Crippen LogP contribution is 2.23. The maximum absolute atomic E-state index is 6.00. The molecule has 1 aromatic carbocycles. The van der Waals surface area contributed by atoms with Crippen LogP contribution in [0.3, 0.4) is 0 Å². The van der Waals surface area contributed by atoms with Crippen LogP contribution < -0.4 is 10.6 Å². The summed E-state index contributed by atoms with van der Waals surface area (Å²) >= 11 is 6.00. The zero-order chi connectivity index (χ0) is 18.3. The first-order chi connectivity index (χ1) is 11.9. The van der Waals surface area contributed by atoms with Gasteiger partial charge in [0.25, 0.3) is 0 Å². The van der Waals surface area contributed by atoms with Gasteiger partial charge in [0.2, 0.25) is 0 Å². The van der Waals surface area contributed by atoms with E-state index in [0.29, 0.717) is 6.04 Å². The fourth-order valence-corrected chi connectivity index (χ4v) is 3.44. The Bertz CT molecular complexity index is 551. The third-order valence-electron chi connectivity index (χ3n) is 5.02. The van der Waals surface area contributed by atoms with E-state index in [4.69, 9.17) is 11.6 Å². The molecule has 2 N–H and O–H groups in total. The molecule has 0 bridgehead atoms. The lowest BCUT2D eigenvalue weighted by Crippen LogP contribution is -2.50. The summed E-state index contributed by atoms with van der Waals surface area (Å²) in [6.07, 6.45) is 3.60. The summed E-state index contributed by atoms with van der Waals surface area (Å²) in [7, 11) is 1.84. The van der Waals surface area contributed by atoms with Gasteiger partial charge in [0, 0.05) is 43.2 Å². The molecule has 6 heteroatoms. The molecule has 0 unspecified atom stereocenters. The van der Waals surface area contributed by atoms with Crippen molar-refractivity contribution in [3.63, 3.8) is 0 Å². The number of rotatable bonds is 6. The van der Waals surface area contributed by atoms with Crippen molar-refractivity contribution in [2.24, 2.45) is 4.99 Å². The average molecular weight is 493 g/mol. The summed E-state index contributed by atoms with van der Waals surface area (Å²) in [5, 5.41) is 7.87. The molecule has 0 spiro atoms. The van der Waals surface area contributed by atoms with Crippen LogP contribution in [-0.4, -0.2) is 50.1 Å². The largest absolute Gasteiger partial charge is 0.356 e. The molecule has 1 aliphatic heterocycles. The van der Waals surface area contributed by atoms with Crippen LogP contribution in [-0.2, 0) is 5.41 Å². The molecule has 26 heavy (non-hydrogen) atoms. The minimum Gasteiger partial charge on any atom is -0.356 e. The van der Waals surface area contributed by atoms with Gasteiger partial charge < -0.3 is 15.5 Å². The smallest absolute Gasteiger partial charge is 0.191 e. The molecule has 0 radical (unpaired) electrons. The van der Waals surface area contributed by atoms with Crippen molar-refractivity contribution in [1.82, 2.24) is 15.5 Å². The Balaban J connectivity index is 0.00000338. The Morgan fingerprint density at radius 1 is 1.23 bits per heavy atom. The number of nitrogens with one attached hydrogen (secondary N) is 2. The number of piperidine rings is 1. The van der Waals surface area contributed by atoms with Crippen molar-refractivity contribution in [1.29, 1.82) is 0 Å². The molecule has 1 fully saturated rings. The highest BCUT2D eigenvalue weighted by atomic mass is 127. The second-order valence-electron chi connectivity index (χ2n) is 7.58. The molecule has 0 aliphatic carbocycles. The second-order valence-corrected chi connectivity index (χ2v) is 8.01. The molecule has 148 valence electrons. The lowest BCUT2D eigenvalue weighted by Gasteiger charge is -2.33. The minimum atomic E-state index is 0. The zero-order valence-electron chi connectivity index (χ0n) is 16.5. The summed E-state index contributed by atoms with van der Waals surface area (Å²) < 4.78 is 0. The molecule has 4 nitrogen and oxygen atoms in total. The predicted molar refractivity (Wildman–Crippen MR) is 124 cm³/mol. The molecule has 1 aromatic rings. The number of aliphatic imine (C=N–C) groups is 1. The summed E-state index contributed by atoms with van der Waals surface area (Å²) in [6.45, 7) is 11.1. The monoisotopic (exact) mass is 492 g/mol. The topological polar surface area (TPSA) is 39.7 Å². The minimum absolute atomic E-state index is 0. The van der Waals surface area contributed by atoms with Crippen molar-refractivity contribution in [2.75, 3.05) is 33.2 Å². The summed E-state index contributed by atoms with van der Waals surface area (Å²) in [4.78, 5) is 6.96. The van der Waals surface area contributed by atoms with E-state index in [0.717, 1.165) is 17.5 Å². The van der Waals surface area contributed by atoms with Crippen LogP contribution in [0.15, 0.2) is 29.3 Å². The lowest BCUT2D eigenvalue weighted by molar-refractivity contribution is 0.206. The normalized spacial score (nSPS) is 16.9. The molecule has 0 aromatic heterocycles. The van der Waals surface area contributed by atoms with Crippen molar-refractivity contribution >= 4 is 41.5 Å². The van der Waals surface area contributed by atoms with E-state index >= 15 is 0 Å². The van der Waals surface area contributed by atoms with Crippen molar-refractivity contribution < 1.29 is 0 Å². The maximum Gasteiger partial charge on any atom is 0.191 e. The van der Waals surface area contributed by atoms with Gasteiger partial charge in [-0.1, -0.05) is 44.5 Å². The highest BCUT2D eigenvalue weighted by Gasteiger charge is 2.23. The van der Waals surface area contributed by atoms with Gasteiger partial charge in [-0.2, -0.15) is 0 Å². The van der Waals surface area contributed by atoms with Crippen LogP contribution in [0.25, 0.3) is 0 Å². The Kier molecular flexibility index (Phi) is 10.3. The standard InChI is InChI=1S/C20H33ClN4.HI/c1-5-12-25-13-10-18(11-14-25)24-19(22-4)23-15-20(2,3)16-6-8-17(21)9-7-16;/h6-9,18H,5,10-15H2,1-4H3,(H2,22,23,24);1H. The van der Waals surface area contributed by atoms with E-state index in [2.05, 4.69) is 53.4 Å². The van der Waals surface area contributed by atoms with Crippen LogP contribution in [0.4, 0.5) is 0 Å². The van der Waals surface area contributed by atoms with E-state index < -0.39 is 0 Å². The van der Waals surface area contributed by atoms with E-state index in [9.17, 15) is 0 Å². The molecule has 1 aliphatic rings. The maximum atomic E-state index is 6.00. The fraction of sp³-hybridized carbons (Fsp3) is 0.650. The summed E-state index contributed by atoms with van der Waals surface area (Å²) in [5.41, 5.74) is 1.28. The number of halogens is 2. The molecule has 0 saturated carbocycles. The van der Waals surface area contributed by atoms with Gasteiger partial charge >= 0.3 is 0 Å². The number of guanidine groups is 1. The van der Waals surface area contributed by atoms with Crippen LogP contribution in [0.2, 0.25) is 5.02 Å². The van der Waals surface area contributed by atoms with Crippen molar-refractivity contribution in [2.45, 2.75) is 51.5 Å². The van der Waals surface area contributed by atoms with E-state index in [1.54, 1.807) is 0 Å². The van der Waals surface area contributed by atoms with Crippen LogP contribution in [0.1, 0.15) is 45.6 Å². The van der Waals surface area contributed by atoms with Crippen molar-refractivity contribution in [3.8, 4) is 0 Å². The number of hydrogen-bond donors (Lipinski definition) is 2. The molecular weight excluding hydrogens is 459 g/mol. The molecular formula is C20H34ClIN4. The van der Waals surface area contributed by atoms with Gasteiger partial charge in [0.15, 0.2) is 5.96 Å². The van der Waals surface area contributed by atoms with Crippen molar-refractivity contribution in [3.05, 3.63) is 34.9 Å². The van der Waals surface area contributed by atoms with E-state index in [-0.39, 0.29) is 29.4 Å². The summed E-state index contributed by atoms with van der Waals surface area (Å²) in [6, 6.07) is 8.62. The first-order valence-electron chi connectivity index (χ1n) is 9.40. The van der Waals surface area contributed by atoms with Gasteiger partial charge in [-0.15, -0.1) is 24.0 Å². The quantitative estimate of drug-likeness (QED) is 0.354. The fourth-order valence-electron chi connectivity index (χ4n) is 3.31. The third-order valence-corrected chi connectivity index (χ3v) is 5.27. The van der Waals surface area contributed by atoms with Crippen LogP contribution in [0.5, 0.6) is 0 Å². The summed E-state index contributed by atoms with van der Waals surface area (Å²) in [5.74, 6) is 0.899. The molecule has 0 amide bonds. The number of hydrogen-bond acceptors (Lipinski definition) is 2. The average Bonchev–Trinajstić information content (AvgIpc) is 2.60. The lowest BCUT2D eigenvalue weighted by atomic mass is 9.85. The second kappa shape index (κ2) is 11.3. The Morgan fingerprint density at radius 3 is 2.38 bits per heavy atom. The van der Waals surface area contributed by atoms with Gasteiger partial charge in [0.1, 0.15) is 0 Å². The molecule has 2 rings (SSSR count). The Morgan fingerprint density at radius 2 is 1.85 bits per heavy atom. The van der Waals surface area contributed by atoms with Crippen LogP contribution >= 0.6 is 35.6 Å². The molecule has 1 saturated heterocycles. The Hall–Kier alpha value is -0.530. The third kappa shape index (κ3) is 7.24. The van der Waals surface area contributed by atoms with Gasteiger partial charge in [-0.05, 0) is 43.5 Å². The number of benzene rings is 1. The zero-order valence-corrected chi connectivity index (χ0v) is 19.6. The van der Waals surface area contributed by atoms with Gasteiger partial charge in [-0.25, -0.2) is 0 Å². The van der Waals surface area contributed by atoms with Gasteiger partial charge in [-0.3, -0.25) is 4.99 Å². The van der Waals surface area contributed by atoms with Gasteiger partial charge in [0.05, 0.1) is 0 Å². The number of likely N-dealkylation sites (tertiary alicyclic amines) is 1. The highest BCUT2D eigenvalue weighted by molar-refractivity contribution is 14.0. The first-order valence-corrected chi connectivity index (χ1v) is 9.78. The Labute approximate surface area is 181 Å². The predicted octanol–water partition coefficient (Wildman–Crippen LogP) is 4.28. The molecule has 0 atom stereocenters. The number of nitrogens with zero attached hydrogens (tertiary/aromatic N) is 2. The first kappa shape index (κ1) is 23.5. The van der Waals surface area contributed by atoms with E-state index in [1.165, 1.54) is 44.5 Å². The van der Waals surface area contributed by atoms with Crippen LogP contribution in [0, 0.1) is 0 Å². The molecule has 1 heterocycles.